The maximum atomic E-state index is 13.3. The Balaban J connectivity index is 1.26. The van der Waals surface area contributed by atoms with E-state index in [-0.39, 0.29) is 40.6 Å². The summed E-state index contributed by atoms with van der Waals surface area (Å²) in [5.74, 6) is -3.93. The van der Waals surface area contributed by atoms with Crippen LogP contribution in [0.3, 0.4) is 0 Å². The number of fused-ring (bicyclic) bond motifs is 1. The van der Waals surface area contributed by atoms with Gasteiger partial charge in [-0.25, -0.2) is 8.42 Å². The SMILES string of the molecule is CC(C)C[C@H](NS(=O)(=O)c1ccc(N=Nc2ccc(N(C)C)cc2)cc1)C(=O)NCC(=O)NCC(=O)NCC(=O)N(CCNc1cccc2c(S(=O)(=O)O)cccc12)[C@@H](C)C(N)=O. The lowest BCUT2D eigenvalue weighted by atomic mass is 10.0. The molecule has 0 radical (unpaired) electrons. The molecule has 5 amide bonds. The third-order valence-electron chi connectivity index (χ3n) is 9.45. The van der Waals surface area contributed by atoms with Crippen molar-refractivity contribution in [2.24, 2.45) is 21.9 Å². The Labute approximate surface area is 365 Å². The molecule has 0 aromatic heterocycles. The first-order chi connectivity index (χ1) is 29.7. The molecule has 338 valence electrons. The molecular formula is C41H52N10O10S2. The van der Waals surface area contributed by atoms with Crippen LogP contribution in [0.1, 0.15) is 27.2 Å². The van der Waals surface area contributed by atoms with E-state index in [9.17, 15) is 45.4 Å². The predicted molar refractivity (Wildman–Crippen MR) is 237 cm³/mol. The van der Waals surface area contributed by atoms with Gasteiger partial charge < -0.3 is 36.8 Å². The van der Waals surface area contributed by atoms with Crippen LogP contribution in [0.4, 0.5) is 22.7 Å². The van der Waals surface area contributed by atoms with E-state index in [0.717, 1.165) is 10.6 Å². The molecule has 0 aliphatic carbocycles. The van der Waals surface area contributed by atoms with Crippen LogP contribution in [0.2, 0.25) is 0 Å². The van der Waals surface area contributed by atoms with Gasteiger partial charge in [-0.05, 0) is 79.9 Å². The van der Waals surface area contributed by atoms with Crippen LogP contribution < -0.4 is 36.6 Å². The number of carbonyl (C=O) groups excluding carboxylic acids is 5. The summed E-state index contributed by atoms with van der Waals surface area (Å²) in [4.78, 5) is 66.2. The normalized spacial score (nSPS) is 12.7. The number of hydrogen-bond acceptors (Lipinski definition) is 13. The number of sulfonamides is 1. The molecule has 0 aliphatic heterocycles. The number of nitrogens with two attached hydrogens (primary N) is 1. The molecule has 63 heavy (non-hydrogen) atoms. The summed E-state index contributed by atoms with van der Waals surface area (Å²) in [7, 11) is -4.86. The molecule has 4 aromatic carbocycles. The standard InChI is InChI=1S/C41H52N10O10S2/c1-26(2)22-35(49-62(57,58)31-18-14-29(15-19-31)48-47-28-12-16-30(17-13-28)50(4)5)41(56)46-24-38(53)44-23-37(52)45-25-39(54)51(27(3)40(42)55)21-20-43-34-10-6-9-33-32(34)8-7-11-36(33)63(59,60)61/h6-19,26-27,35,43,49H,20-25H2,1-5H3,(H2,42,55)(H,44,53)(H,45,52)(H,46,56)(H,59,60,61)/t27-,35-/m0/s1. The van der Waals surface area contributed by atoms with Crippen molar-refractivity contribution in [2.45, 2.75) is 49.1 Å². The van der Waals surface area contributed by atoms with Gasteiger partial charge in [0.25, 0.3) is 10.1 Å². The van der Waals surface area contributed by atoms with Crippen molar-refractivity contribution in [1.82, 2.24) is 25.6 Å². The lowest BCUT2D eigenvalue weighted by Gasteiger charge is -2.28. The van der Waals surface area contributed by atoms with Gasteiger partial charge in [-0.3, -0.25) is 28.5 Å². The number of hydrogen-bond donors (Lipinski definition) is 7. The van der Waals surface area contributed by atoms with Crippen molar-refractivity contribution < 1.29 is 45.4 Å². The zero-order valence-electron chi connectivity index (χ0n) is 35.4. The fraction of sp³-hybridized carbons (Fsp3) is 0.341. The van der Waals surface area contributed by atoms with Gasteiger partial charge in [0, 0.05) is 49.3 Å². The van der Waals surface area contributed by atoms with Gasteiger partial charge in [0.05, 0.1) is 35.9 Å². The van der Waals surface area contributed by atoms with Crippen LogP contribution in [0, 0.1) is 5.92 Å². The Morgan fingerprint density at radius 1 is 0.730 bits per heavy atom. The summed E-state index contributed by atoms with van der Waals surface area (Å²) < 4.78 is 62.3. The number of anilines is 2. The molecule has 0 saturated carbocycles. The molecule has 0 unspecified atom stereocenters. The number of benzene rings is 4. The first-order valence-electron chi connectivity index (χ1n) is 19.6. The summed E-state index contributed by atoms with van der Waals surface area (Å²) in [5.41, 5.74) is 7.96. The molecule has 0 bridgehead atoms. The molecule has 4 rings (SSSR count). The maximum absolute atomic E-state index is 13.3. The summed E-state index contributed by atoms with van der Waals surface area (Å²) in [5, 5.41) is 19.2. The van der Waals surface area contributed by atoms with E-state index in [0.29, 0.717) is 22.4 Å². The number of nitrogens with zero attached hydrogens (tertiary/aromatic N) is 4. The van der Waals surface area contributed by atoms with Crippen molar-refractivity contribution in [3.05, 3.63) is 84.9 Å². The molecular weight excluding hydrogens is 857 g/mol. The van der Waals surface area contributed by atoms with Crippen LogP contribution in [-0.4, -0.2) is 115 Å². The summed E-state index contributed by atoms with van der Waals surface area (Å²) in [6.07, 6.45) is 0.102. The Morgan fingerprint density at radius 2 is 1.29 bits per heavy atom. The molecule has 2 atom stereocenters. The van der Waals surface area contributed by atoms with Crippen LogP contribution in [0.15, 0.2) is 105 Å². The molecule has 4 aromatic rings. The fourth-order valence-electron chi connectivity index (χ4n) is 6.09. The highest BCUT2D eigenvalue weighted by molar-refractivity contribution is 7.89. The van der Waals surface area contributed by atoms with Crippen molar-refractivity contribution >= 4 is 83.2 Å². The Kier molecular flexibility index (Phi) is 17.2. The second-order valence-electron chi connectivity index (χ2n) is 14.9. The third kappa shape index (κ3) is 14.6. The van der Waals surface area contributed by atoms with Crippen LogP contribution in [0.25, 0.3) is 10.8 Å². The number of nitrogens with one attached hydrogen (secondary N) is 5. The van der Waals surface area contributed by atoms with Crippen molar-refractivity contribution in [3.63, 3.8) is 0 Å². The summed E-state index contributed by atoms with van der Waals surface area (Å²) in [6.45, 7) is 3.26. The number of primary amides is 1. The molecule has 0 spiro atoms. The quantitative estimate of drug-likeness (QED) is 0.0442. The van der Waals surface area contributed by atoms with E-state index >= 15 is 0 Å². The largest absolute Gasteiger partial charge is 0.383 e. The zero-order chi connectivity index (χ0) is 46.5. The number of rotatable bonds is 22. The van der Waals surface area contributed by atoms with E-state index in [1.807, 2.05) is 31.1 Å². The Morgan fingerprint density at radius 3 is 1.86 bits per heavy atom. The summed E-state index contributed by atoms with van der Waals surface area (Å²) >= 11 is 0. The van der Waals surface area contributed by atoms with E-state index in [2.05, 4.69) is 36.2 Å². The minimum absolute atomic E-state index is 0.0652. The van der Waals surface area contributed by atoms with E-state index in [4.69, 9.17) is 5.73 Å². The van der Waals surface area contributed by atoms with E-state index < -0.39 is 81.4 Å². The molecule has 22 heteroatoms. The van der Waals surface area contributed by atoms with Crippen LogP contribution >= 0.6 is 0 Å². The van der Waals surface area contributed by atoms with E-state index in [1.165, 1.54) is 49.4 Å². The van der Waals surface area contributed by atoms with Gasteiger partial charge in [0.15, 0.2) is 0 Å². The second-order valence-corrected chi connectivity index (χ2v) is 18.0. The van der Waals surface area contributed by atoms with Crippen molar-refractivity contribution in [1.29, 1.82) is 0 Å². The molecule has 0 saturated heterocycles. The number of azo groups is 1. The average Bonchev–Trinajstić information content (AvgIpc) is 3.23. The Hall–Kier alpha value is -6.49. The maximum Gasteiger partial charge on any atom is 0.295 e. The summed E-state index contributed by atoms with van der Waals surface area (Å²) in [6, 6.07) is 19.8. The van der Waals surface area contributed by atoms with Crippen molar-refractivity contribution in [3.8, 4) is 0 Å². The lowest BCUT2D eigenvalue weighted by molar-refractivity contribution is -0.138. The van der Waals surface area contributed by atoms with Crippen molar-refractivity contribution in [2.75, 3.05) is 57.0 Å². The van der Waals surface area contributed by atoms with Gasteiger partial charge in [-0.1, -0.05) is 38.1 Å². The van der Waals surface area contributed by atoms with E-state index in [1.54, 1.807) is 44.2 Å². The van der Waals surface area contributed by atoms with Gasteiger partial charge in [0.2, 0.25) is 39.6 Å². The molecule has 0 heterocycles. The third-order valence-corrected chi connectivity index (χ3v) is 11.8. The fourth-order valence-corrected chi connectivity index (χ4v) is 8.00. The van der Waals surface area contributed by atoms with Gasteiger partial charge in [-0.2, -0.15) is 23.4 Å². The smallest absolute Gasteiger partial charge is 0.295 e. The lowest BCUT2D eigenvalue weighted by Crippen LogP contribution is -2.52. The predicted octanol–water partition coefficient (Wildman–Crippen LogP) is 2.42. The van der Waals surface area contributed by atoms with Gasteiger partial charge in [-0.15, -0.1) is 0 Å². The Bertz CT molecular complexity index is 2540. The highest BCUT2D eigenvalue weighted by atomic mass is 32.2. The monoisotopic (exact) mass is 908 g/mol. The second kappa shape index (κ2) is 22.0. The zero-order valence-corrected chi connectivity index (χ0v) is 37.0. The first-order valence-corrected chi connectivity index (χ1v) is 22.5. The highest BCUT2D eigenvalue weighted by Gasteiger charge is 2.28. The first kappa shape index (κ1) is 49.2. The topological polar surface area (TPSA) is 291 Å². The highest BCUT2D eigenvalue weighted by Crippen LogP contribution is 2.29. The van der Waals surface area contributed by atoms with Gasteiger partial charge >= 0.3 is 0 Å². The number of carbonyl (C=O) groups is 5. The molecule has 0 fully saturated rings. The average molecular weight is 909 g/mol. The minimum Gasteiger partial charge on any atom is -0.383 e. The minimum atomic E-state index is -4.50. The van der Waals surface area contributed by atoms with Gasteiger partial charge in [0.1, 0.15) is 17.0 Å². The molecule has 8 N–H and O–H groups in total. The molecule has 20 nitrogen and oxygen atoms in total. The number of amides is 5. The van der Waals surface area contributed by atoms with Crippen LogP contribution in [-0.2, 0) is 44.1 Å². The van der Waals surface area contributed by atoms with Crippen LogP contribution in [0.5, 0.6) is 0 Å². The molecule has 0 aliphatic rings.